The molecule has 1 unspecified atom stereocenters. The van der Waals surface area contributed by atoms with Crippen molar-refractivity contribution in [3.63, 3.8) is 0 Å². The number of phosphoric ester groups is 1. The van der Waals surface area contributed by atoms with Crippen LogP contribution in [0.25, 0.3) is 0 Å². The topological polar surface area (TPSA) is 113 Å². The van der Waals surface area contributed by atoms with Gasteiger partial charge in [0.25, 0.3) is 0 Å². The number of phosphoric acid groups is 1. The van der Waals surface area contributed by atoms with Gasteiger partial charge in [0, 0.05) is 6.08 Å². The predicted octanol–water partition coefficient (Wildman–Crippen LogP) is -0.814. The molecule has 0 aliphatic rings. The van der Waals surface area contributed by atoms with Crippen molar-refractivity contribution in [2.24, 2.45) is 0 Å². The lowest BCUT2D eigenvalue weighted by Crippen LogP contribution is -2.24. The van der Waals surface area contributed by atoms with Crippen molar-refractivity contribution in [1.29, 1.82) is 0 Å². The third kappa shape index (κ3) is 6.76. The predicted molar refractivity (Wildman–Crippen MR) is 45.2 cm³/mol. The van der Waals surface area contributed by atoms with Crippen LogP contribution >= 0.6 is 7.82 Å². The largest absolute Gasteiger partial charge is 0.470 e. The van der Waals surface area contributed by atoms with Gasteiger partial charge >= 0.3 is 13.8 Å². The lowest BCUT2D eigenvalue weighted by atomic mass is 10.4. The molecule has 0 aromatic carbocycles. The van der Waals surface area contributed by atoms with Crippen molar-refractivity contribution >= 4 is 13.8 Å². The van der Waals surface area contributed by atoms with E-state index in [1.165, 1.54) is 0 Å². The van der Waals surface area contributed by atoms with Gasteiger partial charge in [-0.05, 0) is 0 Å². The van der Waals surface area contributed by atoms with Gasteiger partial charge in [0.15, 0.2) is 0 Å². The molecule has 82 valence electrons. The second-order valence-corrected chi connectivity index (χ2v) is 3.43. The Kier molecular flexibility index (Phi) is 5.59. The number of carbonyl (C=O) groups excluding carboxylic acids is 1. The Bertz CT molecular complexity index is 245. The number of aliphatic hydroxyl groups is 1. The fraction of sp³-hybridized carbons (Fsp3) is 0.500. The van der Waals surface area contributed by atoms with E-state index in [0.29, 0.717) is 0 Å². The lowest BCUT2D eigenvalue weighted by molar-refractivity contribution is -0.141. The van der Waals surface area contributed by atoms with Crippen LogP contribution in [0.4, 0.5) is 0 Å². The first kappa shape index (κ1) is 13.3. The Morgan fingerprint density at radius 1 is 1.57 bits per heavy atom. The summed E-state index contributed by atoms with van der Waals surface area (Å²) < 4.78 is 18.8. The molecule has 0 rings (SSSR count). The summed E-state index contributed by atoms with van der Waals surface area (Å²) in [7, 11) is -4.68. The summed E-state index contributed by atoms with van der Waals surface area (Å²) >= 11 is 0. The molecular weight excluding hydrogens is 215 g/mol. The maximum absolute atomic E-state index is 10.5. The lowest BCUT2D eigenvalue weighted by Gasteiger charge is -2.14. The van der Waals surface area contributed by atoms with Gasteiger partial charge in [-0.2, -0.15) is 0 Å². The van der Waals surface area contributed by atoms with Crippen molar-refractivity contribution in [2.75, 3.05) is 13.2 Å². The number of ether oxygens (including phenoxy) is 1. The molecule has 0 aromatic heterocycles. The highest BCUT2D eigenvalue weighted by molar-refractivity contribution is 7.46. The van der Waals surface area contributed by atoms with Crippen molar-refractivity contribution < 1.29 is 33.5 Å². The van der Waals surface area contributed by atoms with Crippen molar-refractivity contribution in [3.05, 3.63) is 12.7 Å². The summed E-state index contributed by atoms with van der Waals surface area (Å²) in [5.74, 6) is -0.766. The van der Waals surface area contributed by atoms with Gasteiger partial charge < -0.3 is 19.6 Å². The highest BCUT2D eigenvalue weighted by Crippen LogP contribution is 2.37. The maximum atomic E-state index is 10.5. The third-order valence-corrected chi connectivity index (χ3v) is 1.64. The molecule has 7 nitrogen and oxygen atoms in total. The first-order valence-corrected chi connectivity index (χ1v) is 5.06. The average molecular weight is 226 g/mol. The second kappa shape index (κ2) is 5.90. The van der Waals surface area contributed by atoms with Gasteiger partial charge in [-0.25, -0.2) is 9.36 Å². The third-order valence-electron chi connectivity index (χ3n) is 1.07. The zero-order valence-electron chi connectivity index (χ0n) is 7.20. The van der Waals surface area contributed by atoms with Crippen molar-refractivity contribution in [1.82, 2.24) is 0 Å². The number of hydrogen-bond donors (Lipinski definition) is 3. The summed E-state index contributed by atoms with van der Waals surface area (Å²) in [6.07, 6.45) is -0.369. The molecule has 0 aliphatic carbocycles. The van der Waals surface area contributed by atoms with Gasteiger partial charge in [0.05, 0.1) is 6.61 Å². The minimum Gasteiger partial charge on any atom is -0.460 e. The molecule has 0 bridgehead atoms. The Balaban J connectivity index is 3.98. The number of hydrogen-bond acceptors (Lipinski definition) is 5. The number of carbonyl (C=O) groups is 1. The number of rotatable bonds is 6. The van der Waals surface area contributed by atoms with Crippen LogP contribution in [0.5, 0.6) is 0 Å². The maximum Gasteiger partial charge on any atom is 0.470 e. The fourth-order valence-corrected chi connectivity index (χ4v) is 1.06. The Hall–Kier alpha value is -0.720. The normalized spacial score (nSPS) is 13.4. The van der Waals surface area contributed by atoms with E-state index in [1.54, 1.807) is 0 Å². The van der Waals surface area contributed by atoms with Gasteiger partial charge in [-0.15, -0.1) is 0 Å². The van der Waals surface area contributed by atoms with Crippen molar-refractivity contribution in [3.8, 4) is 0 Å². The Labute approximate surface area is 80.2 Å². The van der Waals surface area contributed by atoms with Gasteiger partial charge in [-0.1, -0.05) is 6.58 Å². The minimum absolute atomic E-state index is 0.452. The highest BCUT2D eigenvalue weighted by Gasteiger charge is 2.22. The van der Waals surface area contributed by atoms with Crippen LogP contribution in [0.15, 0.2) is 12.7 Å². The molecule has 0 spiro atoms. The quantitative estimate of drug-likeness (QED) is 0.308. The van der Waals surface area contributed by atoms with Crippen LogP contribution in [-0.4, -0.2) is 40.2 Å². The van der Waals surface area contributed by atoms with Crippen molar-refractivity contribution in [2.45, 2.75) is 6.10 Å². The summed E-state index contributed by atoms with van der Waals surface area (Å²) in [5.41, 5.74) is 0. The van der Waals surface area contributed by atoms with Gasteiger partial charge in [0.1, 0.15) is 12.7 Å². The first-order chi connectivity index (χ1) is 6.39. The van der Waals surface area contributed by atoms with Gasteiger partial charge in [-0.3, -0.25) is 4.52 Å². The molecule has 0 heterocycles. The minimum atomic E-state index is -4.68. The summed E-state index contributed by atoms with van der Waals surface area (Å²) in [6.45, 7) is 1.98. The molecule has 0 aromatic rings. The smallest absolute Gasteiger partial charge is 0.460 e. The van der Waals surface area contributed by atoms with E-state index in [9.17, 15) is 9.36 Å². The average Bonchev–Trinajstić information content (AvgIpc) is 2.09. The molecular formula is C6H11O7P. The van der Waals surface area contributed by atoms with Crippen LogP contribution in [0.2, 0.25) is 0 Å². The van der Waals surface area contributed by atoms with E-state index < -0.39 is 33.1 Å². The molecule has 0 saturated carbocycles. The van der Waals surface area contributed by atoms with E-state index in [-0.39, 0.29) is 0 Å². The zero-order valence-corrected chi connectivity index (χ0v) is 8.09. The molecule has 0 aliphatic heterocycles. The molecule has 0 fully saturated rings. The summed E-state index contributed by atoms with van der Waals surface area (Å²) in [5, 5.41) is 8.59. The van der Waals surface area contributed by atoms with Crippen LogP contribution in [0.3, 0.4) is 0 Å². The summed E-state index contributed by atoms with van der Waals surface area (Å²) in [6, 6.07) is 0. The molecule has 0 amide bonds. The molecule has 1 atom stereocenters. The van der Waals surface area contributed by atoms with E-state index >= 15 is 0 Å². The van der Waals surface area contributed by atoms with Crippen LogP contribution in [-0.2, 0) is 18.6 Å². The number of esters is 1. The van der Waals surface area contributed by atoms with E-state index in [0.717, 1.165) is 6.08 Å². The van der Waals surface area contributed by atoms with Crippen LogP contribution in [0.1, 0.15) is 0 Å². The molecule has 3 N–H and O–H groups in total. The molecule has 0 saturated heterocycles. The van der Waals surface area contributed by atoms with E-state index in [4.69, 9.17) is 14.9 Å². The molecule has 8 heteroatoms. The van der Waals surface area contributed by atoms with E-state index in [1.807, 2.05) is 0 Å². The fourth-order valence-electron chi connectivity index (χ4n) is 0.545. The van der Waals surface area contributed by atoms with Crippen LogP contribution in [0, 0.1) is 0 Å². The standard InChI is InChI=1S/C6H11O7P/c1-2-6(8)12-4-5(3-7)13-14(9,10)11/h2,5,7H,1,3-4H2,(H2,9,10,11). The molecule has 14 heavy (non-hydrogen) atoms. The monoisotopic (exact) mass is 226 g/mol. The number of aliphatic hydroxyl groups excluding tert-OH is 1. The Morgan fingerprint density at radius 3 is 2.50 bits per heavy atom. The Morgan fingerprint density at radius 2 is 2.14 bits per heavy atom. The SMILES string of the molecule is C=CC(=O)OCC(CO)OP(=O)(O)O. The van der Waals surface area contributed by atoms with Gasteiger partial charge in [0.2, 0.25) is 0 Å². The molecule has 0 radical (unpaired) electrons. The zero-order chi connectivity index (χ0) is 11.2. The first-order valence-electron chi connectivity index (χ1n) is 3.53. The second-order valence-electron chi connectivity index (χ2n) is 2.23. The summed E-state index contributed by atoms with van der Waals surface area (Å²) in [4.78, 5) is 27.2. The highest BCUT2D eigenvalue weighted by atomic mass is 31.2. The van der Waals surface area contributed by atoms with E-state index in [2.05, 4.69) is 15.8 Å². The van der Waals surface area contributed by atoms with Crippen LogP contribution < -0.4 is 0 Å².